The highest BCUT2D eigenvalue weighted by Crippen LogP contribution is 2.47. The van der Waals surface area contributed by atoms with Gasteiger partial charge < -0.3 is 9.80 Å². The summed E-state index contributed by atoms with van der Waals surface area (Å²) in [5.41, 5.74) is 19.5. The quantitative estimate of drug-likeness (QED) is 0.163. The molecule has 0 amide bonds. The van der Waals surface area contributed by atoms with Crippen molar-refractivity contribution in [1.82, 2.24) is 0 Å². The fourth-order valence-corrected chi connectivity index (χ4v) is 16.2. The summed E-state index contributed by atoms with van der Waals surface area (Å²) in [7, 11) is -2.78. The Hall–Kier alpha value is -6.36. The zero-order valence-electron chi connectivity index (χ0n) is 37.2. The molecule has 2 nitrogen and oxygen atoms in total. The molecule has 3 aliphatic heterocycles. The first-order valence-corrected chi connectivity index (χ1v) is 24.3. The second-order valence-electron chi connectivity index (χ2n) is 19.9. The minimum Gasteiger partial charge on any atom is -0.311 e. The van der Waals surface area contributed by atoms with Crippen LogP contribution >= 0.6 is 0 Å². The van der Waals surface area contributed by atoms with Gasteiger partial charge in [-0.05, 0) is 138 Å². The van der Waals surface area contributed by atoms with E-state index in [-0.39, 0.29) is 17.5 Å². The largest absolute Gasteiger partial charge is 0.311 e. The molecule has 62 heavy (non-hydrogen) atoms. The number of rotatable bonds is 4. The van der Waals surface area contributed by atoms with E-state index in [1.54, 1.807) is 0 Å². The molecule has 4 heteroatoms. The summed E-state index contributed by atoms with van der Waals surface area (Å²) in [5, 5.41) is 5.79. The van der Waals surface area contributed by atoms with Gasteiger partial charge in [-0.1, -0.05) is 175 Å². The zero-order valence-corrected chi connectivity index (χ0v) is 38.2. The summed E-state index contributed by atoms with van der Waals surface area (Å²) >= 11 is 0. The van der Waals surface area contributed by atoms with E-state index in [9.17, 15) is 0 Å². The first-order chi connectivity index (χ1) is 29.9. The van der Waals surface area contributed by atoms with Crippen LogP contribution in [0.2, 0.25) is 0 Å². The summed E-state index contributed by atoms with van der Waals surface area (Å²) in [6, 6.07) is 68.0. The van der Waals surface area contributed by atoms with Crippen molar-refractivity contribution in [3.63, 3.8) is 0 Å². The van der Waals surface area contributed by atoms with Crippen LogP contribution in [-0.2, 0) is 10.8 Å². The Labute approximate surface area is 369 Å². The molecular weight excluding hydrogens is 764 g/mol. The Kier molecular flexibility index (Phi) is 8.60. The average Bonchev–Trinajstić information content (AvgIpc) is 3.56. The van der Waals surface area contributed by atoms with E-state index in [1.165, 1.54) is 105 Å². The number of fused-ring (bicyclic) bond motifs is 7. The van der Waals surface area contributed by atoms with Crippen LogP contribution in [0, 0.1) is 13.8 Å². The molecule has 0 aromatic heterocycles. The van der Waals surface area contributed by atoms with Gasteiger partial charge in [-0.3, -0.25) is 0 Å². The molecule has 0 N–H and O–H groups in total. The Morgan fingerprint density at radius 3 is 1.63 bits per heavy atom. The van der Waals surface area contributed by atoms with Crippen LogP contribution in [-0.4, -0.2) is 14.8 Å². The van der Waals surface area contributed by atoms with Crippen LogP contribution in [0.5, 0.6) is 0 Å². The lowest BCUT2D eigenvalue weighted by molar-refractivity contribution is 0.590. The summed E-state index contributed by atoms with van der Waals surface area (Å²) in [6.45, 7) is 18.5. The smallest absolute Gasteiger partial charge is 0.252 e. The van der Waals surface area contributed by atoms with E-state index >= 15 is 0 Å². The molecule has 0 saturated heterocycles. The molecule has 0 atom stereocenters. The zero-order chi connectivity index (χ0) is 42.7. The number of nitrogens with zero attached hydrogens (tertiary/aromatic N) is 2. The van der Waals surface area contributed by atoms with E-state index in [1.807, 2.05) is 0 Å². The number of aryl methyl sites for hydroxylation is 2. The standard InChI is InChI=1S/C58H53BN2Si/c1-38-33-52-56-53(34-38)61(49-25-17-15-19-39(49)2)51-36-46-45-24-16-18-26-54(45)62(43-20-11-9-12-21-43,44-22-13-10-14-23-44)55(46)37-48(51)59(56)47-35-41(58(6,7)8)29-32-50(47)60(52)42-30-27-40(28-31-42)57(3,4)5/h9-37H,1-8H3. The topological polar surface area (TPSA) is 6.48 Å². The number of hydrogen-bond donors (Lipinski definition) is 0. The van der Waals surface area contributed by atoms with E-state index < -0.39 is 8.07 Å². The van der Waals surface area contributed by atoms with Gasteiger partial charge in [-0.2, -0.15) is 0 Å². The Morgan fingerprint density at radius 1 is 0.419 bits per heavy atom. The van der Waals surface area contributed by atoms with Crippen LogP contribution in [0.15, 0.2) is 176 Å². The van der Waals surface area contributed by atoms with Gasteiger partial charge >= 0.3 is 0 Å². The second kappa shape index (κ2) is 13.8. The van der Waals surface area contributed by atoms with Crippen molar-refractivity contribution in [3.8, 4) is 11.1 Å². The number of hydrogen-bond acceptors (Lipinski definition) is 2. The highest BCUT2D eigenvalue weighted by atomic mass is 28.3. The molecule has 0 unspecified atom stereocenters. The SMILES string of the molecule is Cc1cc2c3c(c1)N(c1ccccc1C)c1cc4c(cc1B3c1cc(C(C)(C)C)ccc1N2c1ccc(C(C)(C)C)cc1)[Si](c1ccccc1)(c1ccccc1)c1ccccc1-4. The number of benzene rings is 8. The molecule has 0 aliphatic carbocycles. The predicted octanol–water partition coefficient (Wildman–Crippen LogP) is 10.3. The maximum Gasteiger partial charge on any atom is 0.252 e. The van der Waals surface area contributed by atoms with Crippen molar-refractivity contribution in [1.29, 1.82) is 0 Å². The molecule has 302 valence electrons. The lowest BCUT2D eigenvalue weighted by Gasteiger charge is -2.45. The first-order valence-electron chi connectivity index (χ1n) is 22.3. The molecule has 3 aliphatic rings. The van der Waals surface area contributed by atoms with Crippen molar-refractivity contribution < 1.29 is 0 Å². The summed E-state index contributed by atoms with van der Waals surface area (Å²) in [6.07, 6.45) is 0. The Bertz CT molecular complexity index is 3030. The van der Waals surface area contributed by atoms with E-state index in [4.69, 9.17) is 0 Å². The highest BCUT2D eigenvalue weighted by Gasteiger charge is 2.51. The van der Waals surface area contributed by atoms with Crippen LogP contribution < -0.4 is 46.9 Å². The van der Waals surface area contributed by atoms with E-state index in [0.717, 1.165) is 0 Å². The number of para-hydroxylation sites is 1. The van der Waals surface area contributed by atoms with Crippen molar-refractivity contribution in [2.45, 2.75) is 66.2 Å². The van der Waals surface area contributed by atoms with Gasteiger partial charge in [-0.15, -0.1) is 0 Å². The summed E-state index contributed by atoms with van der Waals surface area (Å²) in [4.78, 5) is 5.18. The molecule has 3 heterocycles. The summed E-state index contributed by atoms with van der Waals surface area (Å²) < 4.78 is 0. The van der Waals surface area contributed by atoms with Crippen molar-refractivity contribution in [2.75, 3.05) is 9.80 Å². The predicted molar refractivity (Wildman–Crippen MR) is 270 cm³/mol. The van der Waals surface area contributed by atoms with Gasteiger partial charge in [0.05, 0.1) is 0 Å². The molecule has 0 bridgehead atoms. The second-order valence-corrected chi connectivity index (χ2v) is 23.6. The minimum atomic E-state index is -2.78. The first kappa shape index (κ1) is 38.6. The van der Waals surface area contributed by atoms with E-state index in [2.05, 4.69) is 241 Å². The fourth-order valence-electron chi connectivity index (χ4n) is 11.0. The van der Waals surface area contributed by atoms with Crippen molar-refractivity contribution in [3.05, 3.63) is 198 Å². The van der Waals surface area contributed by atoms with Gasteiger partial charge in [0.1, 0.15) is 0 Å². The molecular formula is C58H53BN2Si. The van der Waals surface area contributed by atoms with Crippen LogP contribution in [0.4, 0.5) is 34.1 Å². The van der Waals surface area contributed by atoms with Crippen molar-refractivity contribution in [2.24, 2.45) is 0 Å². The number of anilines is 6. The van der Waals surface area contributed by atoms with Gasteiger partial charge in [0, 0.05) is 34.1 Å². The van der Waals surface area contributed by atoms with Crippen LogP contribution in [0.3, 0.4) is 0 Å². The third kappa shape index (κ3) is 5.62. The molecule has 8 aromatic rings. The normalized spacial score (nSPS) is 14.5. The lowest BCUT2D eigenvalue weighted by atomic mass is 9.33. The fraction of sp³-hybridized carbons (Fsp3) is 0.172. The molecule has 0 radical (unpaired) electrons. The molecule has 11 rings (SSSR count). The van der Waals surface area contributed by atoms with Gasteiger partial charge in [-0.25, -0.2) is 0 Å². The van der Waals surface area contributed by atoms with Crippen molar-refractivity contribution >= 4 is 86.0 Å². The third-order valence-corrected chi connectivity index (χ3v) is 18.9. The van der Waals surface area contributed by atoms with Gasteiger partial charge in [0.2, 0.25) is 0 Å². The third-order valence-electron chi connectivity index (χ3n) is 14.0. The Balaban J connectivity index is 1.28. The average molecular weight is 817 g/mol. The maximum absolute atomic E-state index is 2.78. The molecule has 0 fully saturated rings. The lowest BCUT2D eigenvalue weighted by Crippen LogP contribution is -2.73. The van der Waals surface area contributed by atoms with E-state index in [0.29, 0.717) is 0 Å². The van der Waals surface area contributed by atoms with Crippen LogP contribution in [0.1, 0.15) is 63.8 Å². The molecule has 0 saturated carbocycles. The molecule has 8 aromatic carbocycles. The summed E-state index contributed by atoms with van der Waals surface area (Å²) in [5.74, 6) is 0. The van der Waals surface area contributed by atoms with Gasteiger partial charge in [0.25, 0.3) is 6.71 Å². The monoisotopic (exact) mass is 816 g/mol. The van der Waals surface area contributed by atoms with Gasteiger partial charge in [0.15, 0.2) is 8.07 Å². The van der Waals surface area contributed by atoms with Crippen LogP contribution in [0.25, 0.3) is 11.1 Å². The highest BCUT2D eigenvalue weighted by molar-refractivity contribution is 7.22. The maximum atomic E-state index is 2.70. The minimum absolute atomic E-state index is 0.00512. The molecule has 0 spiro atoms. The Morgan fingerprint density at radius 2 is 0.984 bits per heavy atom.